The number of hydrogen-bond donors (Lipinski definition) is 2. The van der Waals surface area contributed by atoms with Crippen molar-refractivity contribution in [2.75, 3.05) is 7.11 Å². The molecule has 0 bridgehead atoms. The normalized spacial score (nSPS) is 12.1. The lowest BCUT2D eigenvalue weighted by Crippen LogP contribution is -2.12. The molecule has 0 fully saturated rings. The number of hydrogen-bond acceptors (Lipinski definition) is 4. The molecule has 4 heteroatoms. The lowest BCUT2D eigenvalue weighted by atomic mass is 10.1. The minimum Gasteiger partial charge on any atom is -0.496 e. The molecule has 0 aliphatic carbocycles. The highest BCUT2D eigenvalue weighted by Crippen LogP contribution is 2.24. The Bertz CT molecular complexity index is 806. The quantitative estimate of drug-likeness (QED) is 0.675. The van der Waals surface area contributed by atoms with Crippen molar-refractivity contribution in [1.82, 2.24) is 5.32 Å². The summed E-state index contributed by atoms with van der Waals surface area (Å²) in [5, 5.41) is 13.0. The van der Waals surface area contributed by atoms with Crippen LogP contribution in [0.2, 0.25) is 0 Å². The minimum atomic E-state index is -0.458. The maximum absolute atomic E-state index is 9.58. The van der Waals surface area contributed by atoms with Gasteiger partial charge in [-0.25, -0.2) is 0 Å². The Morgan fingerprint density at radius 1 is 1.00 bits per heavy atom. The molecule has 130 valence electrons. The summed E-state index contributed by atoms with van der Waals surface area (Å²) in [7, 11) is 1.68. The van der Waals surface area contributed by atoms with Gasteiger partial charge in [0.25, 0.3) is 0 Å². The number of furan rings is 1. The summed E-state index contributed by atoms with van der Waals surface area (Å²) in [5.74, 6) is 2.59. The molecule has 0 spiro atoms. The van der Waals surface area contributed by atoms with Gasteiger partial charge in [-0.15, -0.1) is 0 Å². The molecular formula is C21H23NO3. The number of ether oxygens (including phenoxy) is 1. The van der Waals surface area contributed by atoms with Crippen molar-refractivity contribution in [3.8, 4) is 17.1 Å². The van der Waals surface area contributed by atoms with Gasteiger partial charge in [0.2, 0.25) is 0 Å². The van der Waals surface area contributed by atoms with Crippen LogP contribution in [0.5, 0.6) is 5.75 Å². The van der Waals surface area contributed by atoms with Crippen LogP contribution in [0.4, 0.5) is 0 Å². The molecule has 0 aliphatic rings. The molecule has 4 nitrogen and oxygen atoms in total. The Kier molecular flexibility index (Phi) is 5.53. The molecule has 0 unspecified atom stereocenters. The predicted octanol–water partition coefficient (Wildman–Crippen LogP) is 4.30. The van der Waals surface area contributed by atoms with Crippen molar-refractivity contribution in [2.45, 2.75) is 26.1 Å². The summed E-state index contributed by atoms with van der Waals surface area (Å²) in [5.41, 5.74) is 3.01. The van der Waals surface area contributed by atoms with Crippen LogP contribution in [0.1, 0.15) is 29.9 Å². The fraction of sp³-hybridized carbons (Fsp3) is 0.238. The van der Waals surface area contributed by atoms with Crippen LogP contribution in [-0.4, -0.2) is 12.2 Å². The summed E-state index contributed by atoms with van der Waals surface area (Å²) in [6.45, 7) is 3.11. The highest BCUT2D eigenvalue weighted by atomic mass is 16.5. The van der Waals surface area contributed by atoms with Crippen molar-refractivity contribution in [2.24, 2.45) is 0 Å². The fourth-order valence-electron chi connectivity index (χ4n) is 2.72. The van der Waals surface area contributed by atoms with E-state index in [1.807, 2.05) is 60.7 Å². The maximum atomic E-state index is 9.58. The number of para-hydroxylation sites is 1. The van der Waals surface area contributed by atoms with Gasteiger partial charge in [0, 0.05) is 17.7 Å². The van der Waals surface area contributed by atoms with E-state index in [2.05, 4.69) is 5.32 Å². The number of aliphatic hydroxyl groups is 1. The van der Waals surface area contributed by atoms with Crippen LogP contribution in [0.15, 0.2) is 65.1 Å². The van der Waals surface area contributed by atoms with Gasteiger partial charge >= 0.3 is 0 Å². The van der Waals surface area contributed by atoms with Crippen molar-refractivity contribution < 1.29 is 14.3 Å². The molecule has 2 N–H and O–H groups in total. The molecule has 0 saturated heterocycles. The molecule has 1 atom stereocenters. The largest absolute Gasteiger partial charge is 0.496 e. The van der Waals surface area contributed by atoms with Crippen molar-refractivity contribution in [3.05, 3.63) is 77.6 Å². The molecular weight excluding hydrogens is 314 g/mol. The molecule has 1 aromatic heterocycles. The summed E-state index contributed by atoms with van der Waals surface area (Å²) in [6, 6.07) is 19.7. The molecule has 3 rings (SSSR count). The Labute approximate surface area is 148 Å². The molecule has 0 amide bonds. The molecule has 2 aromatic carbocycles. The standard InChI is InChI=1S/C21H23NO3/c1-15(23)16-7-9-17(10-8-16)21-12-11-19(25-21)14-22-13-18-5-3-4-6-20(18)24-2/h3-12,15,22-23H,13-14H2,1-2H3/t15-/m0/s1. The van der Waals surface area contributed by atoms with Crippen LogP contribution < -0.4 is 10.1 Å². The minimum absolute atomic E-state index is 0.458. The van der Waals surface area contributed by atoms with Crippen LogP contribution >= 0.6 is 0 Å². The summed E-state index contributed by atoms with van der Waals surface area (Å²) in [6.07, 6.45) is -0.458. The second-order valence-electron chi connectivity index (χ2n) is 5.98. The van der Waals surface area contributed by atoms with Gasteiger partial charge in [-0.2, -0.15) is 0 Å². The second-order valence-corrected chi connectivity index (χ2v) is 5.98. The van der Waals surface area contributed by atoms with E-state index in [1.54, 1.807) is 14.0 Å². The van der Waals surface area contributed by atoms with Gasteiger partial charge in [-0.1, -0.05) is 42.5 Å². The highest BCUT2D eigenvalue weighted by Gasteiger charge is 2.07. The zero-order chi connectivity index (χ0) is 17.6. The SMILES string of the molecule is COc1ccccc1CNCc1ccc(-c2ccc([C@H](C)O)cc2)o1. The highest BCUT2D eigenvalue weighted by molar-refractivity contribution is 5.58. The van der Waals surface area contributed by atoms with E-state index in [9.17, 15) is 5.11 Å². The van der Waals surface area contributed by atoms with Gasteiger partial charge < -0.3 is 19.6 Å². The molecule has 0 radical (unpaired) electrons. The smallest absolute Gasteiger partial charge is 0.134 e. The van der Waals surface area contributed by atoms with Gasteiger partial charge in [-0.3, -0.25) is 0 Å². The first-order valence-electron chi connectivity index (χ1n) is 8.37. The maximum Gasteiger partial charge on any atom is 0.134 e. The first kappa shape index (κ1) is 17.3. The van der Waals surface area contributed by atoms with Gasteiger partial charge in [0.15, 0.2) is 0 Å². The summed E-state index contributed by atoms with van der Waals surface area (Å²) >= 11 is 0. The Hall–Kier alpha value is -2.56. The lowest BCUT2D eigenvalue weighted by molar-refractivity contribution is 0.199. The van der Waals surface area contributed by atoms with Crippen LogP contribution in [0, 0.1) is 0 Å². The van der Waals surface area contributed by atoms with Crippen LogP contribution in [0.25, 0.3) is 11.3 Å². The summed E-state index contributed by atoms with van der Waals surface area (Å²) in [4.78, 5) is 0. The van der Waals surface area contributed by atoms with E-state index in [-0.39, 0.29) is 0 Å². The van der Waals surface area contributed by atoms with E-state index < -0.39 is 6.10 Å². The number of benzene rings is 2. The number of aliphatic hydroxyl groups excluding tert-OH is 1. The molecule has 3 aromatic rings. The van der Waals surface area contributed by atoms with E-state index in [1.165, 1.54) is 0 Å². The average molecular weight is 337 g/mol. The monoisotopic (exact) mass is 337 g/mol. The van der Waals surface area contributed by atoms with E-state index >= 15 is 0 Å². The molecule has 0 saturated carbocycles. The van der Waals surface area contributed by atoms with Gasteiger partial charge in [0.1, 0.15) is 17.3 Å². The summed E-state index contributed by atoms with van der Waals surface area (Å²) < 4.78 is 11.3. The topological polar surface area (TPSA) is 54.6 Å². The van der Waals surface area contributed by atoms with Crippen molar-refractivity contribution in [1.29, 1.82) is 0 Å². The Morgan fingerprint density at radius 3 is 2.48 bits per heavy atom. The van der Waals surface area contributed by atoms with Crippen LogP contribution in [0.3, 0.4) is 0 Å². The third-order valence-electron chi connectivity index (χ3n) is 4.15. The number of nitrogens with one attached hydrogen (secondary N) is 1. The van der Waals surface area contributed by atoms with Crippen molar-refractivity contribution in [3.63, 3.8) is 0 Å². The Balaban J connectivity index is 1.60. The molecule has 25 heavy (non-hydrogen) atoms. The van der Waals surface area contributed by atoms with Crippen molar-refractivity contribution >= 4 is 0 Å². The third kappa shape index (κ3) is 4.29. The third-order valence-corrected chi connectivity index (χ3v) is 4.15. The number of rotatable bonds is 7. The van der Waals surface area contributed by atoms with E-state index in [0.29, 0.717) is 13.1 Å². The van der Waals surface area contributed by atoms with E-state index in [0.717, 1.165) is 34.0 Å². The zero-order valence-electron chi connectivity index (χ0n) is 14.5. The number of methoxy groups -OCH3 is 1. The molecule has 0 aliphatic heterocycles. The van der Waals surface area contributed by atoms with E-state index in [4.69, 9.17) is 9.15 Å². The molecule has 1 heterocycles. The first-order valence-corrected chi connectivity index (χ1v) is 8.37. The second kappa shape index (κ2) is 8.01. The first-order chi connectivity index (χ1) is 12.2. The van der Waals surface area contributed by atoms with Gasteiger partial charge in [-0.05, 0) is 30.7 Å². The predicted molar refractivity (Wildman–Crippen MR) is 98.3 cm³/mol. The Morgan fingerprint density at radius 2 is 1.76 bits per heavy atom. The van der Waals surface area contributed by atoms with Crippen LogP contribution in [-0.2, 0) is 13.1 Å². The average Bonchev–Trinajstić information content (AvgIpc) is 3.11. The zero-order valence-corrected chi connectivity index (χ0v) is 14.5. The lowest BCUT2D eigenvalue weighted by Gasteiger charge is -2.08. The van der Waals surface area contributed by atoms with Gasteiger partial charge in [0.05, 0.1) is 19.8 Å². The fourth-order valence-corrected chi connectivity index (χ4v) is 2.72.